The van der Waals surface area contributed by atoms with Crippen LogP contribution in [0.3, 0.4) is 0 Å². The van der Waals surface area contributed by atoms with Crippen LogP contribution in [0, 0.1) is 19.8 Å². The third kappa shape index (κ3) is 4.05. The molecule has 0 radical (unpaired) electrons. The number of hydrogen-bond donors (Lipinski definition) is 1. The third-order valence-electron chi connectivity index (χ3n) is 4.31. The van der Waals surface area contributed by atoms with Gasteiger partial charge in [0.2, 0.25) is 0 Å². The normalized spacial score (nSPS) is 25.3. The van der Waals surface area contributed by atoms with Crippen molar-refractivity contribution in [1.29, 1.82) is 0 Å². The molecule has 1 unspecified atom stereocenters. The minimum Gasteiger partial charge on any atom is -0.376 e. The van der Waals surface area contributed by atoms with Crippen LogP contribution in [0.15, 0.2) is 18.2 Å². The zero-order valence-electron chi connectivity index (χ0n) is 12.5. The summed E-state index contributed by atoms with van der Waals surface area (Å²) >= 11 is 0. The first-order valence-electron chi connectivity index (χ1n) is 7.50. The van der Waals surface area contributed by atoms with Gasteiger partial charge in [0.25, 0.3) is 0 Å². The first-order valence-corrected chi connectivity index (χ1v) is 7.50. The van der Waals surface area contributed by atoms with E-state index in [2.05, 4.69) is 39.0 Å². The quantitative estimate of drug-likeness (QED) is 0.892. The van der Waals surface area contributed by atoms with E-state index in [1.807, 2.05) is 0 Å². The molecule has 1 aromatic carbocycles. The zero-order chi connectivity index (χ0) is 13.8. The van der Waals surface area contributed by atoms with E-state index in [0.29, 0.717) is 12.7 Å². The highest BCUT2D eigenvalue weighted by atomic mass is 16.5. The standard InChI is InChI=1S/C17H27NO/c1-12-5-8-15(9-6-12)19-11-17(18)16-10-13(2)4-7-14(16)3/h4,7,10,12,15,17H,5-6,8-9,11,18H2,1-3H3. The summed E-state index contributed by atoms with van der Waals surface area (Å²) in [4.78, 5) is 0. The molecule has 1 aromatic rings. The van der Waals surface area contributed by atoms with Gasteiger partial charge < -0.3 is 10.5 Å². The van der Waals surface area contributed by atoms with Crippen molar-refractivity contribution >= 4 is 0 Å². The average molecular weight is 261 g/mol. The number of ether oxygens (including phenoxy) is 1. The molecule has 106 valence electrons. The van der Waals surface area contributed by atoms with Crippen LogP contribution >= 0.6 is 0 Å². The van der Waals surface area contributed by atoms with Crippen molar-refractivity contribution in [2.75, 3.05) is 6.61 Å². The lowest BCUT2D eigenvalue weighted by atomic mass is 9.89. The second-order valence-electron chi connectivity index (χ2n) is 6.18. The molecule has 1 aliphatic rings. The Hall–Kier alpha value is -0.860. The Morgan fingerprint density at radius 2 is 1.89 bits per heavy atom. The van der Waals surface area contributed by atoms with Gasteiger partial charge in [0, 0.05) is 0 Å². The van der Waals surface area contributed by atoms with Gasteiger partial charge in [-0.3, -0.25) is 0 Å². The summed E-state index contributed by atoms with van der Waals surface area (Å²) in [6.45, 7) is 7.21. The Kier molecular flexibility index (Phi) is 5.00. The molecule has 0 aliphatic heterocycles. The molecular weight excluding hydrogens is 234 g/mol. The number of rotatable bonds is 4. The SMILES string of the molecule is Cc1ccc(C)c(C(N)COC2CCC(C)CC2)c1. The Balaban J connectivity index is 1.87. The molecule has 2 nitrogen and oxygen atoms in total. The Morgan fingerprint density at radius 1 is 1.21 bits per heavy atom. The molecule has 0 spiro atoms. The van der Waals surface area contributed by atoms with Gasteiger partial charge in [0.1, 0.15) is 0 Å². The van der Waals surface area contributed by atoms with Gasteiger partial charge in [-0.25, -0.2) is 0 Å². The minimum atomic E-state index is -0.000694. The van der Waals surface area contributed by atoms with Crippen LogP contribution in [-0.4, -0.2) is 12.7 Å². The maximum absolute atomic E-state index is 6.28. The van der Waals surface area contributed by atoms with Crippen LogP contribution in [0.25, 0.3) is 0 Å². The highest BCUT2D eigenvalue weighted by Gasteiger charge is 2.20. The molecule has 1 saturated carbocycles. The summed E-state index contributed by atoms with van der Waals surface area (Å²) in [6, 6.07) is 6.47. The molecule has 0 aromatic heterocycles. The molecule has 2 rings (SSSR count). The van der Waals surface area contributed by atoms with E-state index in [1.165, 1.54) is 42.4 Å². The van der Waals surface area contributed by atoms with E-state index in [9.17, 15) is 0 Å². The van der Waals surface area contributed by atoms with E-state index in [4.69, 9.17) is 10.5 Å². The number of nitrogens with two attached hydrogens (primary N) is 1. The highest BCUT2D eigenvalue weighted by Crippen LogP contribution is 2.26. The van der Waals surface area contributed by atoms with Gasteiger partial charge in [-0.15, -0.1) is 0 Å². The van der Waals surface area contributed by atoms with Crippen LogP contribution in [0.1, 0.15) is 55.3 Å². The largest absolute Gasteiger partial charge is 0.376 e. The van der Waals surface area contributed by atoms with Gasteiger partial charge in [-0.2, -0.15) is 0 Å². The minimum absolute atomic E-state index is 0.000694. The summed E-state index contributed by atoms with van der Waals surface area (Å²) < 4.78 is 6.02. The lowest BCUT2D eigenvalue weighted by molar-refractivity contribution is 0.0125. The Morgan fingerprint density at radius 3 is 2.58 bits per heavy atom. The second kappa shape index (κ2) is 6.53. The summed E-state index contributed by atoms with van der Waals surface area (Å²) in [5.74, 6) is 0.868. The fourth-order valence-electron chi connectivity index (χ4n) is 2.89. The summed E-state index contributed by atoms with van der Waals surface area (Å²) in [5.41, 5.74) is 10.0. The van der Waals surface area contributed by atoms with Gasteiger partial charge in [0.15, 0.2) is 0 Å². The smallest absolute Gasteiger partial charge is 0.0663 e. The second-order valence-corrected chi connectivity index (χ2v) is 6.18. The average Bonchev–Trinajstić information content (AvgIpc) is 2.40. The zero-order valence-corrected chi connectivity index (χ0v) is 12.5. The first kappa shape index (κ1) is 14.5. The Labute approximate surface area is 117 Å². The molecule has 0 bridgehead atoms. The van der Waals surface area contributed by atoms with Gasteiger partial charge in [-0.05, 0) is 56.6 Å². The maximum Gasteiger partial charge on any atom is 0.0663 e. The third-order valence-corrected chi connectivity index (χ3v) is 4.31. The molecule has 19 heavy (non-hydrogen) atoms. The molecule has 0 heterocycles. The summed E-state index contributed by atoms with van der Waals surface area (Å²) in [7, 11) is 0. The molecule has 1 aliphatic carbocycles. The van der Waals surface area contributed by atoms with E-state index in [1.54, 1.807) is 0 Å². The van der Waals surface area contributed by atoms with Gasteiger partial charge in [-0.1, -0.05) is 30.7 Å². The number of aryl methyl sites for hydroxylation is 2. The summed E-state index contributed by atoms with van der Waals surface area (Å²) in [5, 5.41) is 0. The van der Waals surface area contributed by atoms with Crippen LogP contribution in [0.2, 0.25) is 0 Å². The van der Waals surface area contributed by atoms with Crippen molar-refractivity contribution in [1.82, 2.24) is 0 Å². The molecule has 2 heteroatoms. The fourth-order valence-corrected chi connectivity index (χ4v) is 2.89. The molecule has 0 saturated heterocycles. The van der Waals surface area contributed by atoms with Crippen molar-refractivity contribution in [2.45, 2.75) is 58.6 Å². The molecule has 0 amide bonds. The molecule has 1 atom stereocenters. The monoisotopic (exact) mass is 261 g/mol. The lowest BCUT2D eigenvalue weighted by Crippen LogP contribution is -2.26. The predicted octanol–water partition coefficient (Wildman–Crippen LogP) is 3.90. The number of hydrogen-bond acceptors (Lipinski definition) is 2. The first-order chi connectivity index (χ1) is 9.06. The van der Waals surface area contributed by atoms with Crippen LogP contribution in [0.4, 0.5) is 0 Å². The van der Waals surface area contributed by atoms with E-state index >= 15 is 0 Å². The predicted molar refractivity (Wildman–Crippen MR) is 80.2 cm³/mol. The highest BCUT2D eigenvalue weighted by molar-refractivity contribution is 5.32. The van der Waals surface area contributed by atoms with Crippen molar-refractivity contribution in [3.8, 4) is 0 Å². The Bertz CT molecular complexity index is 408. The molecular formula is C17H27NO. The van der Waals surface area contributed by atoms with Crippen LogP contribution < -0.4 is 5.73 Å². The van der Waals surface area contributed by atoms with Gasteiger partial charge >= 0.3 is 0 Å². The van der Waals surface area contributed by atoms with Crippen LogP contribution in [0.5, 0.6) is 0 Å². The van der Waals surface area contributed by atoms with Crippen molar-refractivity contribution in [2.24, 2.45) is 11.7 Å². The van der Waals surface area contributed by atoms with Crippen molar-refractivity contribution in [3.63, 3.8) is 0 Å². The van der Waals surface area contributed by atoms with E-state index in [0.717, 1.165) is 5.92 Å². The fraction of sp³-hybridized carbons (Fsp3) is 0.647. The van der Waals surface area contributed by atoms with Crippen molar-refractivity contribution in [3.05, 3.63) is 34.9 Å². The lowest BCUT2D eigenvalue weighted by Gasteiger charge is -2.27. The summed E-state index contributed by atoms with van der Waals surface area (Å²) in [6.07, 6.45) is 5.40. The molecule has 2 N–H and O–H groups in total. The van der Waals surface area contributed by atoms with Crippen LogP contribution in [-0.2, 0) is 4.74 Å². The van der Waals surface area contributed by atoms with E-state index < -0.39 is 0 Å². The topological polar surface area (TPSA) is 35.2 Å². The number of benzene rings is 1. The van der Waals surface area contributed by atoms with Crippen molar-refractivity contribution < 1.29 is 4.74 Å². The van der Waals surface area contributed by atoms with E-state index in [-0.39, 0.29) is 6.04 Å². The van der Waals surface area contributed by atoms with Gasteiger partial charge in [0.05, 0.1) is 18.8 Å². The maximum atomic E-state index is 6.28. The molecule has 1 fully saturated rings.